The maximum Gasteiger partial charge on any atom is 0.287 e. The van der Waals surface area contributed by atoms with Gasteiger partial charge in [-0.1, -0.05) is 12.1 Å². The molecule has 1 unspecified atom stereocenters. The molecular weight excluding hydrogens is 236 g/mol. The summed E-state index contributed by atoms with van der Waals surface area (Å²) in [7, 11) is 0. The number of nitrogen functional groups attached to an aromatic ring is 1. The van der Waals surface area contributed by atoms with Gasteiger partial charge in [-0.2, -0.15) is 0 Å². The highest BCUT2D eigenvalue weighted by molar-refractivity contribution is 5.91. The van der Waals surface area contributed by atoms with E-state index < -0.39 is 5.91 Å². The van der Waals surface area contributed by atoms with Crippen LogP contribution in [0.25, 0.3) is 0 Å². The zero-order chi connectivity index (χ0) is 13.1. The van der Waals surface area contributed by atoms with Crippen LogP contribution in [0.15, 0.2) is 6.20 Å². The van der Waals surface area contributed by atoms with Crippen LogP contribution in [-0.2, 0) is 11.3 Å². The molecule has 0 saturated carbocycles. The van der Waals surface area contributed by atoms with Gasteiger partial charge >= 0.3 is 0 Å². The van der Waals surface area contributed by atoms with E-state index in [1.54, 1.807) is 4.90 Å². The second-order valence-corrected chi connectivity index (χ2v) is 4.49. The monoisotopic (exact) mass is 252 g/mol. The largest absolute Gasteiger partial charge is 0.341 e. The lowest BCUT2D eigenvalue weighted by atomic mass is 10.2. The van der Waals surface area contributed by atoms with Gasteiger partial charge in [0, 0.05) is 19.5 Å². The Kier molecular flexibility index (Phi) is 3.56. The number of rotatable bonds is 4. The van der Waals surface area contributed by atoms with Gasteiger partial charge in [0.2, 0.25) is 5.91 Å². The van der Waals surface area contributed by atoms with Crippen molar-refractivity contribution in [3.05, 3.63) is 11.9 Å². The Hall–Kier alpha value is -1.96. The van der Waals surface area contributed by atoms with Gasteiger partial charge in [0.25, 0.3) is 5.91 Å². The predicted octanol–water partition coefficient (Wildman–Crippen LogP) is -1.25. The number of nitrogens with one attached hydrogen (secondary N) is 1. The van der Waals surface area contributed by atoms with Crippen LogP contribution in [0.1, 0.15) is 23.8 Å². The van der Waals surface area contributed by atoms with Crippen molar-refractivity contribution >= 4 is 11.8 Å². The molecule has 1 aliphatic rings. The Morgan fingerprint density at radius 2 is 2.39 bits per heavy atom. The molecule has 0 radical (unpaired) electrons. The van der Waals surface area contributed by atoms with Crippen LogP contribution in [0.2, 0.25) is 0 Å². The fourth-order valence-corrected chi connectivity index (χ4v) is 1.99. The third-order valence-corrected chi connectivity index (χ3v) is 2.91. The van der Waals surface area contributed by atoms with Crippen molar-refractivity contribution in [1.29, 1.82) is 0 Å². The number of likely N-dealkylation sites (tertiary alicyclic amines) is 1. The maximum atomic E-state index is 11.6. The molecule has 2 rings (SSSR count). The molecule has 3 N–H and O–H groups in total. The Balaban J connectivity index is 1.89. The lowest BCUT2D eigenvalue weighted by Gasteiger charge is -2.15. The zero-order valence-corrected chi connectivity index (χ0v) is 10.2. The molecule has 1 aliphatic heterocycles. The van der Waals surface area contributed by atoms with Crippen LogP contribution in [0.3, 0.4) is 0 Å². The quantitative estimate of drug-likeness (QED) is 0.395. The summed E-state index contributed by atoms with van der Waals surface area (Å²) >= 11 is 0. The third-order valence-electron chi connectivity index (χ3n) is 2.91. The molecule has 2 amide bonds. The van der Waals surface area contributed by atoms with Crippen molar-refractivity contribution in [2.24, 2.45) is 11.8 Å². The number of aromatic nitrogens is 3. The third kappa shape index (κ3) is 2.65. The van der Waals surface area contributed by atoms with E-state index >= 15 is 0 Å². The van der Waals surface area contributed by atoms with Gasteiger partial charge in [0.15, 0.2) is 5.69 Å². The minimum absolute atomic E-state index is 0.165. The number of hydrazine groups is 1. The number of carbonyl (C=O) groups is 2. The first kappa shape index (κ1) is 12.5. The second-order valence-electron chi connectivity index (χ2n) is 4.49. The number of nitrogens with zero attached hydrogens (tertiary/aromatic N) is 4. The predicted molar refractivity (Wildman–Crippen MR) is 62.0 cm³/mol. The van der Waals surface area contributed by atoms with Crippen molar-refractivity contribution in [2.45, 2.75) is 19.9 Å². The van der Waals surface area contributed by atoms with Crippen LogP contribution >= 0.6 is 0 Å². The molecule has 8 heteroatoms. The SMILES string of the molecule is CC1CC(=O)N(CCn2cc(C(=O)NN)nn2)C1. The van der Waals surface area contributed by atoms with E-state index in [1.165, 1.54) is 10.9 Å². The zero-order valence-electron chi connectivity index (χ0n) is 10.2. The van der Waals surface area contributed by atoms with E-state index in [0.717, 1.165) is 6.54 Å². The summed E-state index contributed by atoms with van der Waals surface area (Å²) in [5.74, 6) is 5.09. The summed E-state index contributed by atoms with van der Waals surface area (Å²) < 4.78 is 1.53. The molecule has 1 atom stereocenters. The van der Waals surface area contributed by atoms with E-state index in [4.69, 9.17) is 5.84 Å². The molecule has 8 nitrogen and oxygen atoms in total. The molecule has 1 saturated heterocycles. The van der Waals surface area contributed by atoms with Crippen LogP contribution in [-0.4, -0.2) is 44.8 Å². The van der Waals surface area contributed by atoms with Gasteiger partial charge in [-0.05, 0) is 5.92 Å². The van der Waals surface area contributed by atoms with Crippen molar-refractivity contribution in [2.75, 3.05) is 13.1 Å². The van der Waals surface area contributed by atoms with E-state index in [2.05, 4.69) is 17.2 Å². The topological polar surface area (TPSA) is 106 Å². The highest BCUT2D eigenvalue weighted by Gasteiger charge is 2.25. The molecule has 2 heterocycles. The van der Waals surface area contributed by atoms with Gasteiger partial charge in [-0.3, -0.25) is 15.0 Å². The molecule has 0 aromatic carbocycles. The van der Waals surface area contributed by atoms with Crippen LogP contribution in [0.5, 0.6) is 0 Å². The summed E-state index contributed by atoms with van der Waals surface area (Å²) in [5.41, 5.74) is 2.15. The number of hydrogen-bond acceptors (Lipinski definition) is 5. The van der Waals surface area contributed by atoms with Crippen LogP contribution in [0.4, 0.5) is 0 Å². The van der Waals surface area contributed by atoms with E-state index in [0.29, 0.717) is 25.4 Å². The van der Waals surface area contributed by atoms with Gasteiger partial charge in [-0.15, -0.1) is 5.10 Å². The number of amides is 2. The van der Waals surface area contributed by atoms with Gasteiger partial charge in [0.1, 0.15) is 0 Å². The number of nitrogens with two attached hydrogens (primary N) is 1. The highest BCUT2D eigenvalue weighted by Crippen LogP contribution is 2.16. The average Bonchev–Trinajstić information content (AvgIpc) is 2.92. The molecule has 1 aromatic rings. The smallest absolute Gasteiger partial charge is 0.287 e. The summed E-state index contributed by atoms with van der Waals surface area (Å²) in [6.07, 6.45) is 2.12. The summed E-state index contributed by atoms with van der Waals surface area (Å²) in [6, 6.07) is 0. The van der Waals surface area contributed by atoms with Crippen molar-refractivity contribution in [3.63, 3.8) is 0 Å². The van der Waals surface area contributed by atoms with Crippen molar-refractivity contribution in [3.8, 4) is 0 Å². The minimum Gasteiger partial charge on any atom is -0.341 e. The number of carbonyl (C=O) groups excluding carboxylic acids is 2. The van der Waals surface area contributed by atoms with Gasteiger partial charge in [-0.25, -0.2) is 10.5 Å². The van der Waals surface area contributed by atoms with Gasteiger partial charge in [0.05, 0.1) is 12.7 Å². The summed E-state index contributed by atoms with van der Waals surface area (Å²) in [4.78, 5) is 24.5. The molecule has 18 heavy (non-hydrogen) atoms. The average molecular weight is 252 g/mol. The molecule has 0 spiro atoms. The second kappa shape index (κ2) is 5.13. The Labute approximate surface area is 104 Å². The minimum atomic E-state index is -0.480. The molecule has 1 aromatic heterocycles. The summed E-state index contributed by atoms with van der Waals surface area (Å²) in [5, 5.41) is 7.49. The van der Waals surface area contributed by atoms with Crippen molar-refractivity contribution in [1.82, 2.24) is 25.3 Å². The summed E-state index contributed by atoms with van der Waals surface area (Å²) in [6.45, 7) is 3.93. The lowest BCUT2D eigenvalue weighted by molar-refractivity contribution is -0.127. The highest BCUT2D eigenvalue weighted by atomic mass is 16.2. The number of hydrogen-bond donors (Lipinski definition) is 2. The fourth-order valence-electron chi connectivity index (χ4n) is 1.99. The first-order valence-electron chi connectivity index (χ1n) is 5.79. The molecule has 1 fully saturated rings. The van der Waals surface area contributed by atoms with Crippen molar-refractivity contribution < 1.29 is 9.59 Å². The van der Waals surface area contributed by atoms with Crippen LogP contribution in [0, 0.1) is 5.92 Å². The maximum absolute atomic E-state index is 11.6. The Bertz CT molecular complexity index is 457. The lowest BCUT2D eigenvalue weighted by Crippen LogP contribution is -2.30. The molecule has 0 bridgehead atoms. The molecule has 0 aliphatic carbocycles. The van der Waals surface area contributed by atoms with E-state index in [-0.39, 0.29) is 11.6 Å². The molecular formula is C10H16N6O2. The van der Waals surface area contributed by atoms with Gasteiger partial charge < -0.3 is 4.90 Å². The fraction of sp³-hybridized carbons (Fsp3) is 0.600. The normalized spacial score (nSPS) is 19.3. The Morgan fingerprint density at radius 3 is 3.00 bits per heavy atom. The first-order chi connectivity index (χ1) is 8.60. The van der Waals surface area contributed by atoms with E-state index in [1.807, 2.05) is 5.43 Å². The standard InChI is InChI=1S/C10H16N6O2/c1-7-4-9(17)15(5-7)2-3-16-6-8(13-14-16)10(18)12-11/h6-7H,2-5,11H2,1H3,(H,12,18). The molecule has 98 valence electrons. The Morgan fingerprint density at radius 1 is 1.61 bits per heavy atom. The first-order valence-corrected chi connectivity index (χ1v) is 5.79. The van der Waals surface area contributed by atoms with E-state index in [9.17, 15) is 9.59 Å². The van der Waals surface area contributed by atoms with Crippen LogP contribution < -0.4 is 11.3 Å².